The fourth-order valence-corrected chi connectivity index (χ4v) is 4.34. The molecule has 0 spiro atoms. The van der Waals surface area contributed by atoms with E-state index in [0.29, 0.717) is 7.14 Å². The maximum atomic E-state index is 10.3. The van der Waals surface area contributed by atoms with Crippen LogP contribution in [0.1, 0.15) is 0 Å². The molecule has 0 aromatic heterocycles. The summed E-state index contributed by atoms with van der Waals surface area (Å²) in [7, 11) is 0. The van der Waals surface area contributed by atoms with Crippen molar-refractivity contribution in [3.63, 3.8) is 0 Å². The quantitative estimate of drug-likeness (QED) is 0.259. The van der Waals surface area contributed by atoms with E-state index in [2.05, 4.69) is 9.80 Å². The molecule has 0 aliphatic carbocycles. The molecule has 0 radical (unpaired) electrons. The molecule has 182 valence electrons. The van der Waals surface area contributed by atoms with Gasteiger partial charge in [-0.3, -0.25) is 50.3 Å². The van der Waals surface area contributed by atoms with Gasteiger partial charge in [0.1, 0.15) is 0 Å². The van der Waals surface area contributed by atoms with Gasteiger partial charge in [0, 0.05) is 70.7 Å². The van der Waals surface area contributed by atoms with Gasteiger partial charge in [-0.1, -0.05) is 0 Å². The van der Waals surface area contributed by atoms with Crippen LogP contribution in [0.2, 0.25) is 0 Å². The summed E-state index contributed by atoms with van der Waals surface area (Å²) in [5, 5.41) is 41.2. The second kappa shape index (κ2) is 12.8. The van der Waals surface area contributed by atoms with E-state index in [1.807, 2.05) is 0 Å². The number of halogens is 2. The molecule has 3 aliphatic heterocycles. The molecule has 0 atom stereocenters. The van der Waals surface area contributed by atoms with Gasteiger partial charge in [-0.15, -0.1) is 0 Å². The Bertz CT molecular complexity index is 933. The predicted octanol–water partition coefficient (Wildman–Crippen LogP) is 3.83. The van der Waals surface area contributed by atoms with Crippen molar-refractivity contribution in [3.8, 4) is 0 Å². The Labute approximate surface area is 219 Å². The monoisotopic (exact) mass is 700 g/mol. The highest BCUT2D eigenvalue weighted by Gasteiger charge is 2.22. The summed E-state index contributed by atoms with van der Waals surface area (Å²) in [6.45, 7) is 7.92. The number of nitro benzene ring substituents is 4. The number of hydrogen-bond donors (Lipinski definition) is 0. The fourth-order valence-electron chi connectivity index (χ4n) is 3.06. The van der Waals surface area contributed by atoms with Gasteiger partial charge in [-0.25, -0.2) is 0 Å². The molecule has 14 nitrogen and oxygen atoms in total. The average Bonchev–Trinajstić information content (AvgIpc) is 2.80. The van der Waals surface area contributed by atoms with Crippen LogP contribution < -0.4 is 0 Å². The summed E-state index contributed by atoms with van der Waals surface area (Å²) in [4.78, 5) is 43.7. The van der Waals surface area contributed by atoms with Gasteiger partial charge in [0.05, 0.1) is 31.8 Å². The van der Waals surface area contributed by atoms with Crippen LogP contribution in [-0.2, 0) is 0 Å². The van der Waals surface area contributed by atoms with Crippen LogP contribution in [-0.4, -0.2) is 68.8 Å². The zero-order valence-corrected chi connectivity index (χ0v) is 21.7. The molecule has 0 N–H and O–H groups in total. The second-order valence-corrected chi connectivity index (χ2v) is 9.54. The number of hydrogen-bond acceptors (Lipinski definition) is 10. The second-order valence-electron chi connectivity index (χ2n) is 7.05. The lowest BCUT2D eigenvalue weighted by Gasteiger charge is -2.41. The van der Waals surface area contributed by atoms with E-state index in [-0.39, 0.29) is 22.7 Å². The highest BCUT2D eigenvalue weighted by molar-refractivity contribution is 14.1. The number of rotatable bonds is 4. The van der Waals surface area contributed by atoms with Crippen LogP contribution in [0.4, 0.5) is 22.7 Å². The molecule has 0 unspecified atom stereocenters. The number of fused-ring (bicyclic) bond motifs is 3. The molecule has 5 rings (SSSR count). The zero-order valence-electron chi connectivity index (χ0n) is 17.4. The van der Waals surface area contributed by atoms with Gasteiger partial charge in [0.2, 0.25) is 0 Å². The molecule has 0 saturated carbocycles. The molecule has 3 heterocycles. The van der Waals surface area contributed by atoms with Crippen LogP contribution >= 0.6 is 45.2 Å². The first-order valence-electron chi connectivity index (χ1n) is 9.59. The molecular weight excluding hydrogens is 682 g/mol. The third kappa shape index (κ3) is 8.65. The molecule has 3 fully saturated rings. The fraction of sp³-hybridized carbons (Fsp3) is 0.333. The first kappa shape index (κ1) is 27.7. The summed E-state index contributed by atoms with van der Waals surface area (Å²) < 4.78 is 0.942. The average molecular weight is 700 g/mol. The number of nitro groups is 4. The van der Waals surface area contributed by atoms with Crippen LogP contribution in [0.3, 0.4) is 0 Å². The van der Waals surface area contributed by atoms with E-state index in [0.717, 1.165) is 12.1 Å². The van der Waals surface area contributed by atoms with E-state index in [1.165, 1.54) is 63.5 Å². The number of benzene rings is 2. The van der Waals surface area contributed by atoms with Crippen LogP contribution in [0.15, 0.2) is 36.4 Å². The van der Waals surface area contributed by atoms with E-state index in [1.54, 1.807) is 45.2 Å². The van der Waals surface area contributed by atoms with Crippen LogP contribution in [0, 0.1) is 47.6 Å². The Kier molecular flexibility index (Phi) is 10.4. The smallest absolute Gasteiger partial charge is 0.277 e. The van der Waals surface area contributed by atoms with Crippen LogP contribution in [0.25, 0.3) is 0 Å². The van der Waals surface area contributed by atoms with E-state index < -0.39 is 19.7 Å². The standard InChI is InChI=1S/2C6H3IN2O4.C6H12N2/c2*7-4-1-5(8(10)11)3-6(2-4)9(12)13;1-2-8-5-3-7(1)4-6-8/h2*1-3H;1-6H2. The molecule has 3 saturated heterocycles. The lowest BCUT2D eigenvalue weighted by atomic mass is 10.2. The molecule has 34 heavy (non-hydrogen) atoms. The maximum absolute atomic E-state index is 10.3. The number of piperazine rings is 3. The highest BCUT2D eigenvalue weighted by Crippen LogP contribution is 2.24. The topological polar surface area (TPSA) is 179 Å². The van der Waals surface area contributed by atoms with Crippen molar-refractivity contribution in [1.29, 1.82) is 0 Å². The summed E-state index contributed by atoms with van der Waals surface area (Å²) in [6, 6.07) is 6.95. The number of nitrogens with zero attached hydrogens (tertiary/aromatic N) is 6. The van der Waals surface area contributed by atoms with E-state index >= 15 is 0 Å². The largest absolute Gasteiger partial charge is 0.300 e. The molecule has 16 heteroatoms. The molecule has 0 amide bonds. The lowest BCUT2D eigenvalue weighted by Crippen LogP contribution is -2.55. The van der Waals surface area contributed by atoms with Gasteiger partial charge >= 0.3 is 0 Å². The first-order valence-corrected chi connectivity index (χ1v) is 11.8. The van der Waals surface area contributed by atoms with Crippen molar-refractivity contribution in [2.24, 2.45) is 0 Å². The van der Waals surface area contributed by atoms with Gasteiger partial charge in [-0.2, -0.15) is 0 Å². The first-order chi connectivity index (χ1) is 16.0. The van der Waals surface area contributed by atoms with Crippen molar-refractivity contribution < 1.29 is 19.7 Å². The minimum absolute atomic E-state index is 0.265. The SMILES string of the molecule is C1CN2CCN1CC2.O=[N+]([O-])c1cc(I)cc([N+](=O)[O-])c1.O=[N+]([O-])c1cc(I)cc([N+](=O)[O-])c1. The summed E-state index contributed by atoms with van der Waals surface area (Å²) >= 11 is 3.58. The van der Waals surface area contributed by atoms with Crippen molar-refractivity contribution in [1.82, 2.24) is 9.80 Å². The third-order valence-electron chi connectivity index (χ3n) is 4.78. The third-order valence-corrected chi connectivity index (χ3v) is 6.02. The predicted molar refractivity (Wildman–Crippen MR) is 138 cm³/mol. The minimum Gasteiger partial charge on any atom is -0.300 e. The maximum Gasteiger partial charge on any atom is 0.277 e. The molecular formula is C18H18I2N6O8. The molecule has 3 aliphatic rings. The van der Waals surface area contributed by atoms with Crippen molar-refractivity contribution >= 4 is 67.9 Å². The molecule has 2 aromatic rings. The Morgan fingerprint density at radius 2 is 0.706 bits per heavy atom. The number of non-ortho nitro benzene ring substituents is 4. The van der Waals surface area contributed by atoms with Crippen LogP contribution in [0.5, 0.6) is 0 Å². The Balaban J connectivity index is 0.000000185. The van der Waals surface area contributed by atoms with Crippen molar-refractivity contribution in [2.75, 3.05) is 39.3 Å². The minimum atomic E-state index is -0.658. The Morgan fingerprint density at radius 3 is 0.853 bits per heavy atom. The Morgan fingerprint density at radius 1 is 0.500 bits per heavy atom. The van der Waals surface area contributed by atoms with Gasteiger partial charge in [0.25, 0.3) is 22.7 Å². The van der Waals surface area contributed by atoms with Gasteiger partial charge in [0.15, 0.2) is 0 Å². The summed E-state index contributed by atoms with van der Waals surface area (Å²) in [6.07, 6.45) is 0. The lowest BCUT2D eigenvalue weighted by molar-refractivity contribution is -0.394. The normalized spacial score (nSPS) is 17.9. The summed E-state index contributed by atoms with van der Waals surface area (Å²) in [5.41, 5.74) is -1.06. The van der Waals surface area contributed by atoms with Crippen molar-refractivity contribution in [2.45, 2.75) is 0 Å². The molecule has 2 bridgehead atoms. The molecule has 2 aromatic carbocycles. The van der Waals surface area contributed by atoms with Gasteiger partial charge < -0.3 is 0 Å². The van der Waals surface area contributed by atoms with Gasteiger partial charge in [-0.05, 0) is 45.2 Å². The Hall–Kier alpha value is -2.58. The highest BCUT2D eigenvalue weighted by atomic mass is 127. The zero-order chi connectivity index (χ0) is 25.4. The summed E-state index contributed by atoms with van der Waals surface area (Å²) in [5.74, 6) is 0. The van der Waals surface area contributed by atoms with E-state index in [9.17, 15) is 40.5 Å². The van der Waals surface area contributed by atoms with E-state index in [4.69, 9.17) is 0 Å². The van der Waals surface area contributed by atoms with Crippen molar-refractivity contribution in [3.05, 3.63) is 84.0 Å².